The Kier molecular flexibility index (Phi) is 0.833. The SMILES string of the molecule is OC1=CC=[N+]=C=C1. The lowest BCUT2D eigenvalue weighted by Gasteiger charge is -1.75. The molecule has 0 spiro atoms. The number of nitrogens with zero attached hydrogens (tertiary/aromatic N) is 1. The van der Waals surface area contributed by atoms with Gasteiger partial charge in [0.1, 0.15) is 11.8 Å². The molecule has 0 aromatic heterocycles. The zero-order chi connectivity index (χ0) is 5.11. The first-order valence-corrected chi connectivity index (χ1v) is 1.90. The van der Waals surface area contributed by atoms with Crippen LogP contribution in [0, 0.1) is 0 Å². The molecule has 0 fully saturated rings. The Labute approximate surface area is 40.8 Å². The molecule has 0 radical (unpaired) electrons. The van der Waals surface area contributed by atoms with Crippen LogP contribution in [0.25, 0.3) is 0 Å². The number of rotatable bonds is 0. The topological polar surface area (TPSA) is 34.3 Å². The summed E-state index contributed by atoms with van der Waals surface area (Å²) >= 11 is 0. The van der Waals surface area contributed by atoms with Crippen LogP contribution in [0.4, 0.5) is 0 Å². The summed E-state index contributed by atoms with van der Waals surface area (Å²) in [6, 6.07) is 0. The van der Waals surface area contributed by atoms with Crippen LogP contribution < -0.4 is 4.67 Å². The van der Waals surface area contributed by atoms with E-state index in [9.17, 15) is 0 Å². The Morgan fingerprint density at radius 1 is 1.71 bits per heavy atom. The molecule has 1 aliphatic heterocycles. The molecule has 0 unspecified atom stereocenters. The summed E-state index contributed by atoms with van der Waals surface area (Å²) in [7, 11) is 0. The molecule has 0 aliphatic carbocycles. The average molecular weight is 94.1 g/mol. The van der Waals surface area contributed by atoms with E-state index in [-0.39, 0.29) is 5.76 Å². The second-order valence-electron chi connectivity index (χ2n) is 1.14. The fourth-order valence-electron chi connectivity index (χ4n) is 0.308. The molecule has 2 nitrogen and oxygen atoms in total. The average Bonchev–Trinajstić information content (AvgIpc) is 1.69. The van der Waals surface area contributed by atoms with E-state index in [4.69, 9.17) is 5.11 Å². The van der Waals surface area contributed by atoms with Gasteiger partial charge in [-0.05, 0) is 4.67 Å². The summed E-state index contributed by atoms with van der Waals surface area (Å²) in [4.78, 5) is 0. The first-order chi connectivity index (χ1) is 3.39. The standard InChI is InChI=1S/C5H3NO/c7-5-1-3-6-4-2-5/h1-3H/p+1. The van der Waals surface area contributed by atoms with Crippen molar-refractivity contribution in [2.75, 3.05) is 0 Å². The van der Waals surface area contributed by atoms with E-state index in [1.54, 1.807) is 0 Å². The van der Waals surface area contributed by atoms with Gasteiger partial charge in [-0.2, -0.15) is 0 Å². The van der Waals surface area contributed by atoms with Crippen molar-refractivity contribution in [2.45, 2.75) is 0 Å². The van der Waals surface area contributed by atoms with E-state index in [0.717, 1.165) is 0 Å². The van der Waals surface area contributed by atoms with E-state index in [1.807, 2.05) is 0 Å². The predicted molar refractivity (Wildman–Crippen MR) is 28.5 cm³/mol. The van der Waals surface area contributed by atoms with Gasteiger partial charge in [-0.15, -0.1) is 0 Å². The first-order valence-electron chi connectivity index (χ1n) is 1.90. The van der Waals surface area contributed by atoms with Crippen molar-refractivity contribution in [2.24, 2.45) is 0 Å². The summed E-state index contributed by atoms with van der Waals surface area (Å²) in [5, 5.41) is 8.56. The summed E-state index contributed by atoms with van der Waals surface area (Å²) in [6.45, 7) is 0. The van der Waals surface area contributed by atoms with Crippen molar-refractivity contribution in [1.82, 2.24) is 4.67 Å². The predicted octanol–water partition coefficient (Wildman–Crippen LogP) is -0.194. The maximum Gasteiger partial charge on any atom is 0.315 e. The smallest absolute Gasteiger partial charge is 0.315 e. The normalized spacial score (nSPS) is 14.6. The fraction of sp³-hybridized carbons (Fsp3) is 0. The van der Waals surface area contributed by atoms with Crippen molar-refractivity contribution in [3.05, 3.63) is 17.9 Å². The van der Waals surface area contributed by atoms with Gasteiger partial charge in [0.15, 0.2) is 0 Å². The molecular formula is C5H4NO+. The lowest BCUT2D eigenvalue weighted by Crippen LogP contribution is -1.83. The van der Waals surface area contributed by atoms with Gasteiger partial charge in [-0.3, -0.25) is 0 Å². The lowest BCUT2D eigenvalue weighted by molar-refractivity contribution is 0.434. The number of hydrogen-bond donors (Lipinski definition) is 1. The van der Waals surface area contributed by atoms with E-state index >= 15 is 0 Å². The zero-order valence-corrected chi connectivity index (χ0v) is 3.63. The van der Waals surface area contributed by atoms with Crippen LogP contribution in [0.15, 0.2) is 17.9 Å². The van der Waals surface area contributed by atoms with Crippen molar-refractivity contribution >= 4 is 12.1 Å². The van der Waals surface area contributed by atoms with E-state index in [0.29, 0.717) is 0 Å². The third kappa shape index (κ3) is 0.799. The van der Waals surface area contributed by atoms with Gasteiger partial charge in [0, 0.05) is 0 Å². The molecule has 0 saturated carbocycles. The van der Waals surface area contributed by atoms with E-state index in [2.05, 4.69) is 10.5 Å². The Morgan fingerprint density at radius 2 is 2.57 bits per heavy atom. The van der Waals surface area contributed by atoms with Crippen LogP contribution in [0.1, 0.15) is 0 Å². The van der Waals surface area contributed by atoms with Gasteiger partial charge in [-0.1, -0.05) is 0 Å². The highest BCUT2D eigenvalue weighted by Gasteiger charge is 1.89. The van der Waals surface area contributed by atoms with Gasteiger partial charge in [0.25, 0.3) is 0 Å². The Morgan fingerprint density at radius 3 is 2.86 bits per heavy atom. The summed E-state index contributed by atoms with van der Waals surface area (Å²) in [5.74, 6) is 2.66. The fourth-order valence-corrected chi connectivity index (χ4v) is 0.308. The minimum Gasteiger partial charge on any atom is -0.507 e. The molecule has 0 aromatic rings. The van der Waals surface area contributed by atoms with Crippen LogP contribution in [-0.4, -0.2) is 17.2 Å². The zero-order valence-electron chi connectivity index (χ0n) is 3.63. The summed E-state index contributed by atoms with van der Waals surface area (Å²) < 4.78 is 3.56. The van der Waals surface area contributed by atoms with E-state index < -0.39 is 0 Å². The van der Waals surface area contributed by atoms with Gasteiger partial charge < -0.3 is 5.11 Å². The summed E-state index contributed by atoms with van der Waals surface area (Å²) in [5.41, 5.74) is 0. The van der Waals surface area contributed by atoms with Crippen LogP contribution in [-0.2, 0) is 0 Å². The number of allylic oxidation sites excluding steroid dienone is 2. The summed E-state index contributed by atoms with van der Waals surface area (Å²) in [6.07, 6.45) is 4.38. The molecule has 0 aromatic carbocycles. The molecular weight excluding hydrogens is 90.1 g/mol. The molecule has 0 bridgehead atoms. The van der Waals surface area contributed by atoms with Crippen LogP contribution in [0.3, 0.4) is 0 Å². The van der Waals surface area contributed by atoms with Crippen LogP contribution in [0.2, 0.25) is 0 Å². The van der Waals surface area contributed by atoms with Crippen molar-refractivity contribution in [3.8, 4) is 0 Å². The molecule has 0 amide bonds. The van der Waals surface area contributed by atoms with Crippen molar-refractivity contribution in [1.29, 1.82) is 0 Å². The lowest BCUT2D eigenvalue weighted by atomic mass is 10.4. The first kappa shape index (κ1) is 3.94. The largest absolute Gasteiger partial charge is 0.507 e. The quantitative estimate of drug-likeness (QED) is 0.414. The molecule has 7 heavy (non-hydrogen) atoms. The third-order valence-electron chi connectivity index (χ3n) is 0.607. The van der Waals surface area contributed by atoms with Crippen LogP contribution >= 0.6 is 0 Å². The molecule has 1 rings (SSSR count). The molecule has 1 heterocycles. The maximum atomic E-state index is 8.56. The van der Waals surface area contributed by atoms with E-state index in [1.165, 1.54) is 18.4 Å². The number of aliphatic hydroxyl groups is 1. The molecule has 0 saturated heterocycles. The highest BCUT2D eigenvalue weighted by atomic mass is 16.3. The molecule has 1 aliphatic rings. The highest BCUT2D eigenvalue weighted by Crippen LogP contribution is 1.83. The Balaban J connectivity index is 3.02. The second kappa shape index (κ2) is 1.48. The van der Waals surface area contributed by atoms with Gasteiger partial charge >= 0.3 is 12.1 Å². The van der Waals surface area contributed by atoms with Crippen molar-refractivity contribution < 1.29 is 5.11 Å². The highest BCUT2D eigenvalue weighted by molar-refractivity contribution is 5.78. The van der Waals surface area contributed by atoms with Gasteiger partial charge in [0.05, 0.1) is 6.08 Å². The molecule has 0 atom stereocenters. The molecule has 34 valence electrons. The van der Waals surface area contributed by atoms with Crippen LogP contribution in [0.5, 0.6) is 0 Å². The minimum absolute atomic E-state index is 0.204. The Bertz CT molecular complexity index is 190. The monoisotopic (exact) mass is 94.0 g/mol. The maximum absolute atomic E-state index is 8.56. The Hall–Kier alpha value is -1.23. The second-order valence-corrected chi connectivity index (χ2v) is 1.14. The minimum atomic E-state index is 0.204. The van der Waals surface area contributed by atoms with Gasteiger partial charge in [0.2, 0.25) is 0 Å². The van der Waals surface area contributed by atoms with Gasteiger partial charge in [-0.25, -0.2) is 0 Å². The molecule has 1 N–H and O–H groups in total. The number of aliphatic hydroxyl groups excluding tert-OH is 1. The van der Waals surface area contributed by atoms with Crippen molar-refractivity contribution in [3.63, 3.8) is 0 Å². The number of hydrogen-bond acceptors (Lipinski definition) is 1. The molecule has 2 heteroatoms. The third-order valence-corrected chi connectivity index (χ3v) is 0.607.